The summed E-state index contributed by atoms with van der Waals surface area (Å²) >= 11 is 6.81. The number of benzene rings is 1. The predicted octanol–water partition coefficient (Wildman–Crippen LogP) is 4.14. The zero-order valence-corrected chi connectivity index (χ0v) is 45.7. The van der Waals surface area contributed by atoms with Gasteiger partial charge in [-0.15, -0.1) is 0 Å². The van der Waals surface area contributed by atoms with E-state index in [-0.39, 0.29) is 43.1 Å². The maximum absolute atomic E-state index is 14.4. The molecule has 4 aliphatic heterocycles. The molecule has 0 radical (unpaired) electrons. The molecule has 2 fully saturated rings. The summed E-state index contributed by atoms with van der Waals surface area (Å²) in [5.41, 5.74) is -1.25. The van der Waals surface area contributed by atoms with Crippen molar-refractivity contribution in [1.82, 2.24) is 20.4 Å². The summed E-state index contributed by atoms with van der Waals surface area (Å²) in [6.07, 6.45) is 2.42. The Balaban J connectivity index is 1.26. The van der Waals surface area contributed by atoms with Crippen LogP contribution in [0.15, 0.2) is 48.1 Å². The van der Waals surface area contributed by atoms with Crippen LogP contribution < -0.4 is 20.3 Å². The van der Waals surface area contributed by atoms with Crippen molar-refractivity contribution < 1.29 is 75.3 Å². The molecular formula is C48H66ClN5O16S3. The number of carbonyl (C=O) groups excluding carboxylic acids is 7. The fourth-order valence-electron chi connectivity index (χ4n) is 8.67. The molecule has 25 heteroatoms. The molecule has 4 N–H and O–H groups in total. The van der Waals surface area contributed by atoms with Crippen LogP contribution in [0, 0.1) is 5.92 Å². The lowest BCUT2D eigenvalue weighted by molar-refractivity contribution is -0.162. The lowest BCUT2D eigenvalue weighted by Crippen LogP contribution is -2.63. The first-order chi connectivity index (χ1) is 34.0. The van der Waals surface area contributed by atoms with Gasteiger partial charge in [-0.1, -0.05) is 63.9 Å². The van der Waals surface area contributed by atoms with Gasteiger partial charge < -0.3 is 43.9 Å². The number of amides is 6. The van der Waals surface area contributed by atoms with Crippen LogP contribution in [0.4, 0.5) is 10.5 Å². The van der Waals surface area contributed by atoms with E-state index in [1.165, 1.54) is 66.6 Å². The van der Waals surface area contributed by atoms with Crippen molar-refractivity contribution >= 4 is 90.6 Å². The highest BCUT2D eigenvalue weighted by molar-refractivity contribution is 8.77. The number of imide groups is 1. The molecule has 6 amide bonds. The summed E-state index contributed by atoms with van der Waals surface area (Å²) in [5, 5.41) is 15.1. The number of fused-ring (bicyclic) bond motifs is 5. The summed E-state index contributed by atoms with van der Waals surface area (Å²) in [5.74, 6) is -4.05. The largest absolute Gasteiger partial charge is 0.495 e. The summed E-state index contributed by atoms with van der Waals surface area (Å²) in [6, 6.07) is 2.36. The molecule has 2 saturated heterocycles. The van der Waals surface area contributed by atoms with E-state index in [0.717, 1.165) is 28.2 Å². The van der Waals surface area contributed by atoms with Gasteiger partial charge in [0.2, 0.25) is 17.7 Å². The van der Waals surface area contributed by atoms with Gasteiger partial charge in [0.25, 0.3) is 21.9 Å². The lowest BCUT2D eigenvalue weighted by atomic mass is 9.83. The molecule has 1 unspecified atom stereocenters. The number of likely N-dealkylation sites (N-methyl/N-ethyl adjacent to an activating group) is 1. The third-order valence-corrected chi connectivity index (χ3v) is 18.3. The van der Waals surface area contributed by atoms with Gasteiger partial charge in [-0.25, -0.2) is 9.59 Å². The maximum Gasteiger partial charge on any atom is 0.409 e. The van der Waals surface area contributed by atoms with Gasteiger partial charge in [0.15, 0.2) is 11.0 Å². The summed E-state index contributed by atoms with van der Waals surface area (Å²) < 4.78 is 62.8. The quantitative estimate of drug-likeness (QED) is 0.0401. The van der Waals surface area contributed by atoms with Crippen molar-refractivity contribution in [3.8, 4) is 5.75 Å². The average molecular weight is 1100 g/mol. The number of anilines is 1. The van der Waals surface area contributed by atoms with Crippen LogP contribution in [0.2, 0.25) is 5.02 Å². The molecule has 0 saturated carbocycles. The van der Waals surface area contributed by atoms with E-state index in [4.69, 9.17) is 35.3 Å². The van der Waals surface area contributed by atoms with Crippen LogP contribution in [-0.4, -0.2) is 168 Å². The number of carbonyl (C=O) groups is 7. The van der Waals surface area contributed by atoms with E-state index >= 15 is 0 Å². The first-order valence-electron chi connectivity index (χ1n) is 23.5. The molecule has 4 aliphatic rings. The molecule has 73 heavy (non-hydrogen) atoms. The van der Waals surface area contributed by atoms with Gasteiger partial charge in [0.05, 0.1) is 25.3 Å². The third-order valence-electron chi connectivity index (χ3n) is 13.4. The molecule has 21 nitrogen and oxygen atoms in total. The van der Waals surface area contributed by atoms with Crippen LogP contribution in [0.25, 0.3) is 0 Å². The molecule has 0 spiro atoms. The monoisotopic (exact) mass is 1100 g/mol. The molecule has 4 heterocycles. The Morgan fingerprint density at radius 3 is 2.44 bits per heavy atom. The molecule has 5 rings (SSSR count). The summed E-state index contributed by atoms with van der Waals surface area (Å²) in [4.78, 5) is 94.9. The molecular weight excluding hydrogens is 1030 g/mol. The summed E-state index contributed by atoms with van der Waals surface area (Å²) in [7, 11) is 3.59. The second-order valence-corrected chi connectivity index (χ2v) is 24.4. The van der Waals surface area contributed by atoms with Crippen molar-refractivity contribution in [2.45, 2.75) is 132 Å². The van der Waals surface area contributed by atoms with Gasteiger partial charge >= 0.3 is 12.1 Å². The number of allylic oxidation sites excluding steroid dienone is 3. The van der Waals surface area contributed by atoms with Crippen molar-refractivity contribution in [1.29, 1.82) is 0 Å². The molecule has 404 valence electrons. The van der Waals surface area contributed by atoms with Crippen LogP contribution in [0.5, 0.6) is 5.75 Å². The smallest absolute Gasteiger partial charge is 0.409 e. The Hall–Kier alpha value is -4.69. The first kappa shape index (κ1) is 59.2. The molecule has 1 aromatic carbocycles. The van der Waals surface area contributed by atoms with Crippen LogP contribution in [0.1, 0.15) is 79.2 Å². The zero-order chi connectivity index (χ0) is 54.4. The summed E-state index contributed by atoms with van der Waals surface area (Å²) in [6.45, 7) is 10.1. The number of ether oxygens (including phenoxy) is 5. The minimum absolute atomic E-state index is 0.0188. The minimum Gasteiger partial charge on any atom is -0.495 e. The Morgan fingerprint density at radius 1 is 1.14 bits per heavy atom. The maximum atomic E-state index is 14.4. The number of halogens is 1. The molecule has 9 atom stereocenters. The predicted molar refractivity (Wildman–Crippen MR) is 273 cm³/mol. The minimum atomic E-state index is -4.81. The van der Waals surface area contributed by atoms with E-state index in [1.54, 1.807) is 38.1 Å². The van der Waals surface area contributed by atoms with Gasteiger partial charge in [-0.2, -0.15) is 8.42 Å². The highest BCUT2D eigenvalue weighted by Gasteiger charge is 2.64. The van der Waals surface area contributed by atoms with E-state index < -0.39 is 116 Å². The molecule has 4 bridgehead atoms. The van der Waals surface area contributed by atoms with Crippen LogP contribution in [0.3, 0.4) is 0 Å². The second kappa shape index (κ2) is 24.3. The highest BCUT2D eigenvalue weighted by Crippen LogP contribution is 2.49. The number of methoxy groups -OCH3 is 2. The number of hydrogen-bond donors (Lipinski definition) is 4. The molecule has 0 aliphatic carbocycles. The number of alkyl carbamates (subject to hydrolysis) is 1. The number of nitrogens with one attached hydrogen (secondary N) is 2. The standard InChI is InChI=1S/C48H66ClN5O16S3/c1-27-12-11-13-35(67-10)48(62)26-33(68-45(61)51-48)28(2)42-47(6,70-42)36(25-40(58)53(8)31-23-30(22-27)24-32(66-9)41(31)49)69-44(60)29(3)52(7)37(55)16-18-46(4,5)72-71-21-17-34(73(63,64)65)43(59)50-19-20-54-38(56)14-15-39(54)57/h11-15,23-24,28-29,33-36,42,62H,16-22,25-26H2,1-10H3,(H,50,59)(H,51,61)(H,63,64,65)/b13-11+,27-12+/t28-,29+,33+,34?,35-,36+,42+,47+,48+/m1/s1. The normalized spacial score (nSPS) is 27.7. The number of hydrogen-bond acceptors (Lipinski definition) is 17. The van der Waals surface area contributed by atoms with Crippen LogP contribution >= 0.6 is 33.2 Å². The number of nitrogens with zero attached hydrogens (tertiary/aromatic N) is 3. The Morgan fingerprint density at radius 2 is 1.81 bits per heavy atom. The third kappa shape index (κ3) is 14.8. The molecule has 0 aromatic heterocycles. The fraction of sp³-hybridized carbons (Fsp3) is 0.604. The number of esters is 1. The number of rotatable bonds is 18. The highest BCUT2D eigenvalue weighted by atomic mass is 35.5. The van der Waals surface area contributed by atoms with Crippen molar-refractivity contribution in [2.75, 3.05) is 52.1 Å². The van der Waals surface area contributed by atoms with E-state index in [1.807, 2.05) is 26.8 Å². The lowest BCUT2D eigenvalue weighted by Gasteiger charge is -2.42. The van der Waals surface area contributed by atoms with E-state index in [9.17, 15) is 51.6 Å². The Bertz CT molecular complexity index is 2490. The topological polar surface area (TPSA) is 277 Å². The van der Waals surface area contributed by atoms with Gasteiger partial charge in [-0.3, -0.25) is 38.7 Å². The Kier molecular flexibility index (Phi) is 19.7. The van der Waals surface area contributed by atoms with Gasteiger partial charge in [-0.05, 0) is 71.6 Å². The van der Waals surface area contributed by atoms with E-state index in [0.29, 0.717) is 24.3 Å². The average Bonchev–Trinajstić information content (AvgIpc) is 3.92. The SMILES string of the molecule is COc1cc2cc(c1Cl)N(C)C(=O)C[C@H](OC(=O)[C@H](C)N(C)C(=O)CCC(C)(C)SSCCC(C(=O)NCCN1C(=O)C=CC1=O)S(=O)(=O)O)[C@]1(C)O[C@H]1[C@H](C)[C@@H]1C[C@@](O)(NC(=O)O1)[C@H](OC)/C=C/C=C(\C)C2. The second-order valence-electron chi connectivity index (χ2n) is 19.3. The Labute approximate surface area is 438 Å². The van der Waals surface area contributed by atoms with Gasteiger partial charge in [0.1, 0.15) is 40.7 Å². The number of epoxide rings is 1. The van der Waals surface area contributed by atoms with Crippen molar-refractivity contribution in [2.24, 2.45) is 5.92 Å². The van der Waals surface area contributed by atoms with Crippen molar-refractivity contribution in [3.63, 3.8) is 0 Å². The van der Waals surface area contributed by atoms with Crippen LogP contribution in [-0.2, 0) is 64.3 Å². The zero-order valence-electron chi connectivity index (χ0n) is 42.5. The number of aliphatic hydroxyl groups is 1. The van der Waals surface area contributed by atoms with Crippen molar-refractivity contribution in [3.05, 3.63) is 58.7 Å². The van der Waals surface area contributed by atoms with Gasteiger partial charge in [0, 0.05) is 75.7 Å². The van der Waals surface area contributed by atoms with E-state index in [2.05, 4.69) is 10.6 Å². The fourth-order valence-corrected chi connectivity index (χ4v) is 12.6. The molecule has 1 aromatic rings. The first-order valence-corrected chi connectivity index (χ1v) is 27.7.